The summed E-state index contributed by atoms with van der Waals surface area (Å²) in [5.41, 5.74) is 1.03. The topological polar surface area (TPSA) is 85.2 Å². The summed E-state index contributed by atoms with van der Waals surface area (Å²) in [5, 5.41) is 17.9. The van der Waals surface area contributed by atoms with E-state index in [0.29, 0.717) is 6.61 Å². The van der Waals surface area contributed by atoms with Crippen LogP contribution in [0.15, 0.2) is 30.3 Å². The molecule has 6 nitrogen and oxygen atoms in total. The number of carboxylic acids is 1. The Hall–Kier alpha value is -1.47. The Balaban J connectivity index is 1.70. The molecule has 1 heterocycles. The summed E-state index contributed by atoms with van der Waals surface area (Å²) in [6, 6.07) is 9.63. The fraction of sp³-hybridized carbons (Fsp3) is 0.462. The van der Waals surface area contributed by atoms with Crippen molar-refractivity contribution in [2.24, 2.45) is 0 Å². The summed E-state index contributed by atoms with van der Waals surface area (Å²) < 4.78 is 15.9. The largest absolute Gasteiger partial charge is 0.479 e. The zero-order chi connectivity index (χ0) is 13.7. The van der Waals surface area contributed by atoms with Gasteiger partial charge in [0.25, 0.3) is 0 Å². The molecule has 1 aromatic rings. The van der Waals surface area contributed by atoms with Gasteiger partial charge in [0.15, 0.2) is 12.4 Å². The smallest absolute Gasteiger partial charge is 0.335 e. The van der Waals surface area contributed by atoms with Gasteiger partial charge in [-0.3, -0.25) is 0 Å². The lowest BCUT2D eigenvalue weighted by Gasteiger charge is -2.13. The molecule has 0 radical (unpaired) electrons. The van der Waals surface area contributed by atoms with Gasteiger partial charge in [0.2, 0.25) is 0 Å². The van der Waals surface area contributed by atoms with Crippen LogP contribution >= 0.6 is 0 Å². The fourth-order valence-corrected chi connectivity index (χ4v) is 1.73. The molecule has 19 heavy (non-hydrogen) atoms. The third-order valence-electron chi connectivity index (χ3n) is 2.74. The number of aliphatic hydroxyl groups excluding tert-OH is 1. The molecule has 1 aliphatic rings. The lowest BCUT2D eigenvalue weighted by molar-refractivity contribution is -0.158. The summed E-state index contributed by atoms with van der Waals surface area (Å²) in [7, 11) is 0. The van der Waals surface area contributed by atoms with Gasteiger partial charge in [-0.05, 0) is 5.56 Å². The molecule has 3 atom stereocenters. The van der Waals surface area contributed by atoms with Crippen LogP contribution in [0.5, 0.6) is 0 Å². The van der Waals surface area contributed by atoms with Crippen molar-refractivity contribution in [2.45, 2.75) is 25.1 Å². The van der Waals surface area contributed by atoms with Gasteiger partial charge in [-0.15, -0.1) is 0 Å². The van der Waals surface area contributed by atoms with Crippen molar-refractivity contribution in [3.63, 3.8) is 0 Å². The first kappa shape index (κ1) is 14.0. The standard InChI is InChI=1S/C13H16O6/c14-12(13(15)16)10-7-18-11(19-10)8-17-6-9-4-2-1-3-5-9/h1-5,10-12,14H,6-8H2,(H,15,16)/t10-,11?,12+/m0/s1. The first-order valence-electron chi connectivity index (χ1n) is 5.96. The third kappa shape index (κ3) is 4.00. The number of ether oxygens (including phenoxy) is 3. The number of aliphatic carboxylic acids is 1. The zero-order valence-electron chi connectivity index (χ0n) is 10.3. The van der Waals surface area contributed by atoms with Crippen LogP contribution in [-0.4, -0.2) is 47.9 Å². The van der Waals surface area contributed by atoms with Crippen LogP contribution in [0.2, 0.25) is 0 Å². The molecular formula is C13H16O6. The molecular weight excluding hydrogens is 252 g/mol. The summed E-state index contributed by atoms with van der Waals surface area (Å²) in [6.07, 6.45) is -3.05. The summed E-state index contributed by atoms with van der Waals surface area (Å²) >= 11 is 0. The molecule has 0 bridgehead atoms. The van der Waals surface area contributed by atoms with Gasteiger partial charge in [-0.25, -0.2) is 4.79 Å². The Morgan fingerprint density at radius 2 is 2.16 bits per heavy atom. The highest BCUT2D eigenvalue weighted by Crippen LogP contribution is 2.15. The lowest BCUT2D eigenvalue weighted by atomic mass is 10.2. The van der Waals surface area contributed by atoms with Crippen LogP contribution in [0.25, 0.3) is 0 Å². The average Bonchev–Trinajstić information content (AvgIpc) is 2.88. The second-order valence-corrected chi connectivity index (χ2v) is 4.22. The van der Waals surface area contributed by atoms with Crippen molar-refractivity contribution in [3.05, 3.63) is 35.9 Å². The summed E-state index contributed by atoms with van der Waals surface area (Å²) in [5.74, 6) is -1.32. The average molecular weight is 268 g/mol. The molecule has 1 unspecified atom stereocenters. The van der Waals surface area contributed by atoms with Gasteiger partial charge in [0, 0.05) is 0 Å². The monoisotopic (exact) mass is 268 g/mol. The minimum atomic E-state index is -1.57. The molecule has 0 amide bonds. The normalized spacial score (nSPS) is 24.3. The van der Waals surface area contributed by atoms with E-state index in [1.807, 2.05) is 30.3 Å². The molecule has 1 saturated heterocycles. The Labute approximate surface area is 110 Å². The SMILES string of the molecule is O=C(O)[C@H](O)[C@@H]1COC(COCc2ccccc2)O1. The van der Waals surface area contributed by atoms with Crippen LogP contribution in [0.1, 0.15) is 5.56 Å². The van der Waals surface area contributed by atoms with E-state index >= 15 is 0 Å². The highest BCUT2D eigenvalue weighted by Gasteiger charge is 2.35. The number of hydrogen-bond acceptors (Lipinski definition) is 5. The molecule has 0 saturated carbocycles. The molecule has 104 valence electrons. The first-order chi connectivity index (χ1) is 9.16. The maximum Gasteiger partial charge on any atom is 0.335 e. The van der Waals surface area contributed by atoms with Crippen LogP contribution in [0.4, 0.5) is 0 Å². The maximum absolute atomic E-state index is 10.6. The van der Waals surface area contributed by atoms with E-state index < -0.39 is 24.5 Å². The maximum atomic E-state index is 10.6. The van der Waals surface area contributed by atoms with Gasteiger partial charge in [0.05, 0.1) is 19.8 Å². The predicted molar refractivity (Wildman–Crippen MR) is 64.4 cm³/mol. The van der Waals surface area contributed by atoms with Gasteiger partial charge in [-0.1, -0.05) is 30.3 Å². The quantitative estimate of drug-likeness (QED) is 0.776. The Bertz CT molecular complexity index is 407. The highest BCUT2D eigenvalue weighted by atomic mass is 16.7. The van der Waals surface area contributed by atoms with E-state index in [0.717, 1.165) is 5.56 Å². The molecule has 1 aromatic carbocycles. The van der Waals surface area contributed by atoms with Crippen molar-refractivity contribution in [1.29, 1.82) is 0 Å². The first-order valence-corrected chi connectivity index (χ1v) is 5.96. The molecule has 1 aliphatic heterocycles. The van der Waals surface area contributed by atoms with E-state index in [1.54, 1.807) is 0 Å². The Kier molecular flexibility index (Phi) is 4.86. The highest BCUT2D eigenvalue weighted by molar-refractivity contribution is 5.72. The van der Waals surface area contributed by atoms with Gasteiger partial charge < -0.3 is 24.4 Å². The van der Waals surface area contributed by atoms with E-state index in [1.165, 1.54) is 0 Å². The molecule has 6 heteroatoms. The van der Waals surface area contributed by atoms with Crippen molar-refractivity contribution < 1.29 is 29.2 Å². The van der Waals surface area contributed by atoms with Crippen molar-refractivity contribution >= 4 is 5.97 Å². The molecule has 1 fully saturated rings. The van der Waals surface area contributed by atoms with Crippen molar-refractivity contribution in [3.8, 4) is 0 Å². The number of hydrogen-bond donors (Lipinski definition) is 2. The minimum Gasteiger partial charge on any atom is -0.479 e. The fourth-order valence-electron chi connectivity index (χ4n) is 1.73. The van der Waals surface area contributed by atoms with Gasteiger partial charge in [-0.2, -0.15) is 0 Å². The molecule has 2 rings (SSSR count). The molecule has 0 spiro atoms. The number of rotatable bonds is 6. The second-order valence-electron chi connectivity index (χ2n) is 4.22. The summed E-state index contributed by atoms with van der Waals surface area (Å²) in [4.78, 5) is 10.6. The molecule has 0 aliphatic carbocycles. The van der Waals surface area contributed by atoms with Crippen molar-refractivity contribution in [2.75, 3.05) is 13.2 Å². The predicted octanol–water partition coefficient (Wildman–Crippen LogP) is 0.390. The number of benzene rings is 1. The molecule has 2 N–H and O–H groups in total. The van der Waals surface area contributed by atoms with E-state index in [9.17, 15) is 9.90 Å². The Morgan fingerprint density at radius 3 is 2.84 bits per heavy atom. The summed E-state index contributed by atoms with van der Waals surface area (Å²) in [6.45, 7) is 0.667. The van der Waals surface area contributed by atoms with E-state index in [2.05, 4.69) is 0 Å². The van der Waals surface area contributed by atoms with Crippen LogP contribution in [0.3, 0.4) is 0 Å². The second kappa shape index (κ2) is 6.63. The van der Waals surface area contributed by atoms with E-state index in [4.69, 9.17) is 19.3 Å². The zero-order valence-corrected chi connectivity index (χ0v) is 10.3. The van der Waals surface area contributed by atoms with Crippen molar-refractivity contribution in [1.82, 2.24) is 0 Å². The Morgan fingerprint density at radius 1 is 1.42 bits per heavy atom. The number of carbonyl (C=O) groups is 1. The van der Waals surface area contributed by atoms with E-state index in [-0.39, 0.29) is 13.2 Å². The third-order valence-corrected chi connectivity index (χ3v) is 2.74. The van der Waals surface area contributed by atoms with Crippen LogP contribution < -0.4 is 0 Å². The number of aliphatic hydroxyl groups is 1. The van der Waals surface area contributed by atoms with Gasteiger partial charge in [0.1, 0.15) is 6.10 Å². The van der Waals surface area contributed by atoms with Gasteiger partial charge >= 0.3 is 5.97 Å². The lowest BCUT2D eigenvalue weighted by Crippen LogP contribution is -2.36. The van der Waals surface area contributed by atoms with Crippen LogP contribution in [0, 0.1) is 0 Å². The molecule has 0 aromatic heterocycles. The number of carboxylic acid groups (broad SMARTS) is 1. The minimum absolute atomic E-state index is 0.0484. The van der Waals surface area contributed by atoms with Crippen LogP contribution in [-0.2, 0) is 25.6 Å².